The van der Waals surface area contributed by atoms with Gasteiger partial charge in [-0.3, -0.25) is 4.90 Å². The van der Waals surface area contributed by atoms with Crippen molar-refractivity contribution in [3.8, 4) is 0 Å². The number of hydrogen-bond donors (Lipinski definition) is 1. The first-order valence-corrected chi connectivity index (χ1v) is 7.91. The second-order valence-electron chi connectivity index (χ2n) is 6.24. The summed E-state index contributed by atoms with van der Waals surface area (Å²) in [6, 6.07) is 11.5. The zero-order valence-electron chi connectivity index (χ0n) is 12.4. The van der Waals surface area contributed by atoms with Crippen LogP contribution >= 0.6 is 0 Å². The molecule has 0 radical (unpaired) electrons. The van der Waals surface area contributed by atoms with Gasteiger partial charge in [0.05, 0.1) is 13.2 Å². The maximum atomic E-state index is 5.39. The van der Waals surface area contributed by atoms with Crippen LogP contribution in [0.1, 0.15) is 24.8 Å². The predicted octanol–water partition coefficient (Wildman–Crippen LogP) is 2.10. The average molecular weight is 274 g/mol. The zero-order chi connectivity index (χ0) is 13.8. The fourth-order valence-electron chi connectivity index (χ4n) is 3.17. The summed E-state index contributed by atoms with van der Waals surface area (Å²) in [6.07, 6.45) is 1.35. The van der Waals surface area contributed by atoms with Gasteiger partial charge in [-0.15, -0.1) is 0 Å². The number of nitrogens with zero attached hydrogens (tertiary/aromatic N) is 1. The smallest absolute Gasteiger partial charge is 0.0594 e. The van der Waals surface area contributed by atoms with Crippen molar-refractivity contribution < 1.29 is 4.74 Å². The second-order valence-corrected chi connectivity index (χ2v) is 6.24. The number of rotatable bonds is 6. The third-order valence-corrected chi connectivity index (χ3v) is 4.51. The van der Waals surface area contributed by atoms with Crippen molar-refractivity contribution in [3.63, 3.8) is 0 Å². The van der Waals surface area contributed by atoms with Crippen LogP contribution in [0.25, 0.3) is 0 Å². The molecule has 0 bridgehead atoms. The molecule has 1 aromatic carbocycles. The number of ether oxygens (including phenoxy) is 1. The van der Waals surface area contributed by atoms with Crippen LogP contribution in [0.5, 0.6) is 0 Å². The monoisotopic (exact) mass is 274 g/mol. The standard InChI is InChI=1S/C17H26N2O/c1-14(13-19-7-9-20-10-8-19)18-12-16-11-17(16)15-5-3-2-4-6-15/h2-6,14,16-18H,7-13H2,1H3. The van der Waals surface area contributed by atoms with Crippen LogP contribution in [0, 0.1) is 5.92 Å². The van der Waals surface area contributed by atoms with E-state index in [0.717, 1.165) is 51.2 Å². The summed E-state index contributed by atoms with van der Waals surface area (Å²) in [5.74, 6) is 1.63. The molecule has 1 N–H and O–H groups in total. The second kappa shape index (κ2) is 6.70. The van der Waals surface area contributed by atoms with Crippen molar-refractivity contribution in [3.05, 3.63) is 35.9 Å². The molecule has 0 aromatic heterocycles. The molecule has 3 rings (SSSR count). The predicted molar refractivity (Wildman–Crippen MR) is 82.0 cm³/mol. The summed E-state index contributed by atoms with van der Waals surface area (Å²) in [6.45, 7) is 8.56. The van der Waals surface area contributed by atoms with Gasteiger partial charge in [0.2, 0.25) is 0 Å². The highest BCUT2D eigenvalue weighted by molar-refractivity contribution is 5.25. The van der Waals surface area contributed by atoms with Gasteiger partial charge in [-0.25, -0.2) is 0 Å². The lowest BCUT2D eigenvalue weighted by Gasteiger charge is -2.29. The van der Waals surface area contributed by atoms with Crippen LogP contribution in [0.3, 0.4) is 0 Å². The van der Waals surface area contributed by atoms with Crippen LogP contribution in [0.2, 0.25) is 0 Å². The Morgan fingerprint density at radius 2 is 2.00 bits per heavy atom. The minimum atomic E-state index is 0.574. The Morgan fingerprint density at radius 1 is 1.25 bits per heavy atom. The summed E-state index contributed by atoms with van der Waals surface area (Å²) in [7, 11) is 0. The molecule has 0 amide bonds. The Morgan fingerprint density at radius 3 is 2.75 bits per heavy atom. The maximum absolute atomic E-state index is 5.39. The van der Waals surface area contributed by atoms with Gasteiger partial charge in [0.25, 0.3) is 0 Å². The van der Waals surface area contributed by atoms with E-state index in [4.69, 9.17) is 4.74 Å². The highest BCUT2D eigenvalue weighted by Gasteiger charge is 2.37. The molecule has 1 saturated carbocycles. The lowest BCUT2D eigenvalue weighted by atomic mass is 10.1. The van der Waals surface area contributed by atoms with Crippen LogP contribution in [-0.4, -0.2) is 50.3 Å². The molecule has 3 unspecified atom stereocenters. The summed E-state index contributed by atoms with van der Waals surface area (Å²) in [5, 5.41) is 3.71. The van der Waals surface area contributed by atoms with Crippen LogP contribution in [-0.2, 0) is 4.74 Å². The Hall–Kier alpha value is -0.900. The van der Waals surface area contributed by atoms with E-state index in [1.54, 1.807) is 0 Å². The molecular formula is C17H26N2O. The van der Waals surface area contributed by atoms with E-state index in [0.29, 0.717) is 6.04 Å². The lowest BCUT2D eigenvalue weighted by Crippen LogP contribution is -2.44. The van der Waals surface area contributed by atoms with Gasteiger partial charge in [0.15, 0.2) is 0 Å². The SMILES string of the molecule is CC(CN1CCOCC1)NCC1CC1c1ccccc1. The Balaban J connectivity index is 1.36. The normalized spacial score (nSPS) is 28.2. The van der Waals surface area contributed by atoms with Crippen molar-refractivity contribution in [2.24, 2.45) is 5.92 Å². The maximum Gasteiger partial charge on any atom is 0.0594 e. The van der Waals surface area contributed by atoms with E-state index >= 15 is 0 Å². The molecule has 20 heavy (non-hydrogen) atoms. The quantitative estimate of drug-likeness (QED) is 0.860. The molecule has 1 saturated heterocycles. The topological polar surface area (TPSA) is 24.5 Å². The van der Waals surface area contributed by atoms with Gasteiger partial charge in [0.1, 0.15) is 0 Å². The van der Waals surface area contributed by atoms with E-state index in [1.807, 2.05) is 0 Å². The van der Waals surface area contributed by atoms with E-state index in [9.17, 15) is 0 Å². The summed E-state index contributed by atoms with van der Waals surface area (Å²) >= 11 is 0. The van der Waals surface area contributed by atoms with E-state index in [1.165, 1.54) is 12.0 Å². The molecule has 1 aliphatic carbocycles. The van der Waals surface area contributed by atoms with Gasteiger partial charge < -0.3 is 10.1 Å². The third kappa shape index (κ3) is 3.81. The van der Waals surface area contributed by atoms with E-state index < -0.39 is 0 Å². The number of hydrogen-bond acceptors (Lipinski definition) is 3. The summed E-state index contributed by atoms with van der Waals surface area (Å²) in [5.41, 5.74) is 1.51. The van der Waals surface area contributed by atoms with Crippen molar-refractivity contribution >= 4 is 0 Å². The molecular weight excluding hydrogens is 248 g/mol. The highest BCUT2D eigenvalue weighted by Crippen LogP contribution is 2.46. The molecule has 2 fully saturated rings. The molecule has 110 valence electrons. The number of morpholine rings is 1. The number of nitrogens with one attached hydrogen (secondary N) is 1. The molecule has 3 atom stereocenters. The Bertz CT molecular complexity index is 403. The minimum Gasteiger partial charge on any atom is -0.379 e. The molecule has 1 heterocycles. The van der Waals surface area contributed by atoms with Crippen molar-refractivity contribution in [2.45, 2.75) is 25.3 Å². The molecule has 2 aliphatic rings. The number of benzene rings is 1. The fourth-order valence-corrected chi connectivity index (χ4v) is 3.17. The van der Waals surface area contributed by atoms with E-state index in [2.05, 4.69) is 47.5 Å². The van der Waals surface area contributed by atoms with Crippen molar-refractivity contribution in [1.82, 2.24) is 10.2 Å². The first-order chi connectivity index (χ1) is 9.83. The minimum absolute atomic E-state index is 0.574. The van der Waals surface area contributed by atoms with Crippen LogP contribution in [0.4, 0.5) is 0 Å². The molecule has 1 aliphatic heterocycles. The molecule has 3 heteroatoms. The zero-order valence-corrected chi connectivity index (χ0v) is 12.4. The van der Waals surface area contributed by atoms with Gasteiger partial charge >= 0.3 is 0 Å². The highest BCUT2D eigenvalue weighted by atomic mass is 16.5. The molecule has 0 spiro atoms. The lowest BCUT2D eigenvalue weighted by molar-refractivity contribution is 0.0343. The average Bonchev–Trinajstić information content (AvgIpc) is 3.27. The van der Waals surface area contributed by atoms with E-state index in [-0.39, 0.29) is 0 Å². The van der Waals surface area contributed by atoms with Crippen LogP contribution in [0.15, 0.2) is 30.3 Å². The van der Waals surface area contributed by atoms with Gasteiger partial charge in [-0.1, -0.05) is 30.3 Å². The first-order valence-electron chi connectivity index (χ1n) is 7.91. The summed E-state index contributed by atoms with van der Waals surface area (Å²) in [4.78, 5) is 2.50. The van der Waals surface area contributed by atoms with Gasteiger partial charge in [-0.2, -0.15) is 0 Å². The van der Waals surface area contributed by atoms with Crippen molar-refractivity contribution in [1.29, 1.82) is 0 Å². The van der Waals surface area contributed by atoms with Crippen LogP contribution < -0.4 is 5.32 Å². The Kier molecular flexibility index (Phi) is 4.71. The molecule has 3 nitrogen and oxygen atoms in total. The third-order valence-electron chi connectivity index (χ3n) is 4.51. The fraction of sp³-hybridized carbons (Fsp3) is 0.647. The summed E-state index contributed by atoms with van der Waals surface area (Å²) < 4.78 is 5.39. The first kappa shape index (κ1) is 14.1. The van der Waals surface area contributed by atoms with Crippen molar-refractivity contribution in [2.75, 3.05) is 39.4 Å². The van der Waals surface area contributed by atoms with Gasteiger partial charge in [0, 0.05) is 25.7 Å². The molecule has 1 aromatic rings. The van der Waals surface area contributed by atoms with Gasteiger partial charge in [-0.05, 0) is 37.3 Å². The largest absolute Gasteiger partial charge is 0.379 e. The Labute approximate surface area is 122 Å².